The number of allylic oxidation sites excluding steroid dienone is 1. The zero-order chi connectivity index (χ0) is 44.4. The quantitative estimate of drug-likeness (QED) is 0.289. The van der Waals surface area contributed by atoms with E-state index in [1.54, 1.807) is 25.1 Å². The number of nitrogens with zero attached hydrogens (tertiary/aromatic N) is 4. The number of likely N-dealkylation sites (N-methyl/N-ethyl adjacent to an activating group) is 1. The lowest BCUT2D eigenvalue weighted by molar-refractivity contribution is -0.222. The third-order valence-corrected chi connectivity index (χ3v) is 15.7. The van der Waals surface area contributed by atoms with Gasteiger partial charge >= 0.3 is 12.3 Å². The minimum atomic E-state index is -5.10. The lowest BCUT2D eigenvalue weighted by Gasteiger charge is -2.46. The first-order chi connectivity index (χ1) is 28.5. The molecule has 3 aliphatic heterocycles. The molecule has 334 valence electrons. The molecule has 1 aromatic carbocycles. The zero-order valence-electron chi connectivity index (χ0n) is 35.3. The zero-order valence-corrected chi connectivity index (χ0v) is 36.1. The van der Waals surface area contributed by atoms with Gasteiger partial charge in [-0.3, -0.25) is 24.0 Å². The summed E-state index contributed by atoms with van der Waals surface area (Å²) >= 11 is 0. The lowest BCUT2D eigenvalue weighted by atomic mass is 9.82. The van der Waals surface area contributed by atoms with Crippen molar-refractivity contribution in [3.05, 3.63) is 36.5 Å². The molecular weight excluding hydrogens is 822 g/mol. The van der Waals surface area contributed by atoms with Gasteiger partial charge in [-0.2, -0.15) is 13.2 Å². The Kier molecular flexibility index (Phi) is 11.5. The Hall–Kier alpha value is -4.81. The first-order valence-electron chi connectivity index (χ1n) is 20.9. The molecule has 2 saturated carbocycles. The van der Waals surface area contributed by atoms with Gasteiger partial charge in [-0.25, -0.2) is 18.2 Å². The predicted octanol–water partition coefficient (Wildman–Crippen LogP) is 5.38. The predicted molar refractivity (Wildman–Crippen MR) is 218 cm³/mol. The Morgan fingerprint density at radius 3 is 2.52 bits per heavy atom. The molecule has 7 rings (SSSR count). The highest BCUT2D eigenvalue weighted by molar-refractivity contribution is 7.91. The summed E-state index contributed by atoms with van der Waals surface area (Å²) < 4.78 is 84.6. The van der Waals surface area contributed by atoms with Gasteiger partial charge < -0.3 is 29.7 Å². The number of fused-ring (bicyclic) bond motifs is 5. The van der Waals surface area contributed by atoms with E-state index in [-0.39, 0.29) is 48.9 Å². The van der Waals surface area contributed by atoms with Crippen LogP contribution in [-0.2, 0) is 24.4 Å². The molecule has 3 N–H and O–H groups in total. The largest absolute Gasteiger partial charge is 0.489 e. The van der Waals surface area contributed by atoms with Crippen molar-refractivity contribution >= 4 is 50.3 Å². The third kappa shape index (κ3) is 8.06. The average molecular weight is 877 g/mol. The Balaban J connectivity index is 1.30. The van der Waals surface area contributed by atoms with Crippen molar-refractivity contribution in [2.75, 3.05) is 31.6 Å². The van der Waals surface area contributed by atoms with Crippen molar-refractivity contribution in [2.45, 2.75) is 126 Å². The number of ether oxygens (including phenoxy) is 2. The van der Waals surface area contributed by atoms with Gasteiger partial charge in [0.2, 0.25) is 27.7 Å². The Morgan fingerprint density at radius 1 is 1.15 bits per heavy atom. The topological polar surface area (TPSA) is 188 Å². The maximum atomic E-state index is 15.2. The van der Waals surface area contributed by atoms with Gasteiger partial charge in [-0.05, 0) is 89.3 Å². The van der Waals surface area contributed by atoms with Crippen molar-refractivity contribution in [3.8, 4) is 11.6 Å². The molecular formula is C42H55F3N6O9S. The SMILES string of the molecule is CC[C@@H]1C[C@H](C)CCC=C[C@@H]2C[C@@]2(C(=O)NS(=O)(=O)C2(C)CC2)NC(=O)[C@@H]2C[C@@H](Oc3nccc4c5c(ccc34)N(C)CCO5)CN2C(=O)[C@H]1N(C(=O)O)C(C)(C)C(F)(F)F. The Bertz CT molecular complexity index is 2230. The number of anilines is 1. The molecule has 61 heavy (non-hydrogen) atoms. The number of alkyl halides is 3. The number of benzene rings is 1. The molecule has 3 fully saturated rings. The number of carbonyl (C=O) groups excluding carboxylic acids is 3. The van der Waals surface area contributed by atoms with E-state index in [2.05, 4.69) is 15.0 Å². The van der Waals surface area contributed by atoms with Crippen LogP contribution in [0.3, 0.4) is 0 Å². The van der Waals surface area contributed by atoms with E-state index in [0.29, 0.717) is 69.2 Å². The molecule has 0 unspecified atom stereocenters. The molecule has 0 radical (unpaired) electrons. The average Bonchev–Trinajstić information content (AvgIpc) is 4.07. The third-order valence-electron chi connectivity index (χ3n) is 13.5. The van der Waals surface area contributed by atoms with Crippen LogP contribution in [0.2, 0.25) is 0 Å². The maximum Gasteiger partial charge on any atom is 0.411 e. The highest BCUT2D eigenvalue weighted by Gasteiger charge is 2.64. The van der Waals surface area contributed by atoms with Crippen LogP contribution >= 0.6 is 0 Å². The number of hydrogen-bond donors (Lipinski definition) is 3. The molecule has 5 aliphatic rings. The first kappa shape index (κ1) is 44.3. The Morgan fingerprint density at radius 2 is 1.87 bits per heavy atom. The molecule has 4 heterocycles. The minimum Gasteiger partial charge on any atom is -0.489 e. The Labute approximate surface area is 353 Å². The van der Waals surface area contributed by atoms with Crippen molar-refractivity contribution in [2.24, 2.45) is 17.8 Å². The molecule has 1 aromatic heterocycles. The molecule has 7 atom stereocenters. The van der Waals surface area contributed by atoms with Crippen molar-refractivity contribution < 1.29 is 55.3 Å². The van der Waals surface area contributed by atoms with Crippen LogP contribution in [0.25, 0.3) is 10.8 Å². The number of aromatic nitrogens is 1. The second-order valence-electron chi connectivity index (χ2n) is 18.2. The molecule has 0 spiro atoms. The number of pyridine rings is 1. The summed E-state index contributed by atoms with van der Waals surface area (Å²) in [6.45, 7) is 7.27. The van der Waals surface area contributed by atoms with Crippen LogP contribution in [0.1, 0.15) is 86.0 Å². The highest BCUT2D eigenvalue weighted by atomic mass is 32.2. The summed E-state index contributed by atoms with van der Waals surface area (Å²) in [4.78, 5) is 64.8. The summed E-state index contributed by atoms with van der Waals surface area (Å²) in [6, 6.07) is 2.07. The number of halogens is 3. The van der Waals surface area contributed by atoms with Gasteiger partial charge in [0, 0.05) is 36.4 Å². The van der Waals surface area contributed by atoms with Gasteiger partial charge in [0.25, 0.3) is 5.91 Å². The van der Waals surface area contributed by atoms with E-state index >= 15 is 4.79 Å². The van der Waals surface area contributed by atoms with Gasteiger partial charge in [0.15, 0.2) is 5.75 Å². The number of rotatable bonds is 8. The van der Waals surface area contributed by atoms with E-state index in [1.807, 2.05) is 31.0 Å². The summed E-state index contributed by atoms with van der Waals surface area (Å²) in [5, 5.41) is 14.6. The van der Waals surface area contributed by atoms with Crippen molar-refractivity contribution in [1.82, 2.24) is 24.8 Å². The summed E-state index contributed by atoms with van der Waals surface area (Å²) in [5.74, 6) is -3.76. The fourth-order valence-corrected chi connectivity index (χ4v) is 10.4. The standard InChI is InChI=1S/C42H55F3N6O9S/c1-7-25-20-24(2)10-8-9-11-26-22-41(26,37(54)48-61(57,58)40(5)15-16-40)47-34(52)31-21-27(23-50(31)36(53)32(25)51(38(55)56)39(3,4)42(43,44)45)60-35-29-12-13-30-33(28(29)14-17-46-35)59-19-18-49(30)6/h9,11-14,17,24-27,31-32H,7-8,10,15-16,18-23H2,1-6H3,(H,47,52)(H,48,54)(H,55,56)/t24-,25-,26-,27-,31+,32+,41-/m1/s1. The molecule has 4 amide bonds. The van der Waals surface area contributed by atoms with E-state index in [4.69, 9.17) is 9.47 Å². The van der Waals surface area contributed by atoms with Gasteiger partial charge in [0.1, 0.15) is 35.9 Å². The van der Waals surface area contributed by atoms with E-state index in [9.17, 15) is 41.1 Å². The van der Waals surface area contributed by atoms with Gasteiger partial charge in [-0.1, -0.05) is 32.4 Å². The first-order valence-corrected chi connectivity index (χ1v) is 22.4. The molecule has 2 aliphatic carbocycles. The van der Waals surface area contributed by atoms with E-state index < -0.39 is 85.9 Å². The normalized spacial score (nSPS) is 29.2. The number of nitrogens with one attached hydrogen (secondary N) is 2. The van der Waals surface area contributed by atoms with Crippen LogP contribution in [0.15, 0.2) is 36.5 Å². The smallest absolute Gasteiger partial charge is 0.411 e. The van der Waals surface area contributed by atoms with E-state index in [1.165, 1.54) is 13.1 Å². The molecule has 19 heteroatoms. The van der Waals surface area contributed by atoms with Crippen molar-refractivity contribution in [3.63, 3.8) is 0 Å². The number of carbonyl (C=O) groups is 4. The monoisotopic (exact) mass is 876 g/mol. The fourth-order valence-electron chi connectivity index (χ4n) is 9.07. The van der Waals surface area contributed by atoms with Crippen molar-refractivity contribution in [1.29, 1.82) is 0 Å². The highest BCUT2D eigenvalue weighted by Crippen LogP contribution is 2.48. The van der Waals surface area contributed by atoms with Crippen LogP contribution in [-0.4, -0.2) is 119 Å². The van der Waals surface area contributed by atoms with Gasteiger partial charge in [0.05, 0.1) is 23.5 Å². The fraction of sp³-hybridized carbons (Fsp3) is 0.643. The molecule has 15 nitrogen and oxygen atoms in total. The maximum absolute atomic E-state index is 15.2. The summed E-state index contributed by atoms with van der Waals surface area (Å²) in [6.07, 6.45) is -1.09. The van der Waals surface area contributed by atoms with E-state index in [0.717, 1.165) is 10.6 Å². The summed E-state index contributed by atoms with van der Waals surface area (Å²) in [7, 11) is -2.19. The number of sulfonamides is 1. The molecule has 2 aromatic rings. The van der Waals surface area contributed by atoms with Gasteiger partial charge in [-0.15, -0.1) is 0 Å². The second-order valence-corrected chi connectivity index (χ2v) is 20.4. The van der Waals surface area contributed by atoms with Crippen LogP contribution in [0.5, 0.6) is 11.6 Å². The second kappa shape index (κ2) is 15.8. The lowest BCUT2D eigenvalue weighted by Crippen LogP contribution is -2.66. The van der Waals surface area contributed by atoms with Crippen LogP contribution in [0, 0.1) is 17.8 Å². The number of carboxylic acid groups (broad SMARTS) is 1. The minimum absolute atomic E-state index is 0.0536. The number of hydrogen-bond acceptors (Lipinski definition) is 10. The molecule has 1 saturated heterocycles. The van der Waals surface area contributed by atoms with Crippen LogP contribution in [0.4, 0.5) is 23.7 Å². The summed E-state index contributed by atoms with van der Waals surface area (Å²) in [5.41, 5.74) is -3.90. The van der Waals surface area contributed by atoms with Crippen LogP contribution < -0.4 is 24.4 Å². The number of amides is 4. The molecule has 0 bridgehead atoms.